The molecule has 2 aromatic carbocycles. The summed E-state index contributed by atoms with van der Waals surface area (Å²) in [4.78, 5) is 28.4. The molecule has 0 saturated carbocycles. The third-order valence-corrected chi connectivity index (χ3v) is 5.04. The van der Waals surface area contributed by atoms with Crippen molar-refractivity contribution in [2.45, 2.75) is 0 Å². The molecule has 134 valence electrons. The zero-order valence-corrected chi connectivity index (χ0v) is 16.4. The molecule has 2 aromatic rings. The summed E-state index contributed by atoms with van der Waals surface area (Å²) >= 11 is 9.25. The smallest absolute Gasteiger partial charge is 0.253 e. The number of piperazine rings is 1. The van der Waals surface area contributed by atoms with E-state index < -0.39 is 0 Å². The highest BCUT2D eigenvalue weighted by Crippen LogP contribution is 2.14. The molecule has 0 aliphatic carbocycles. The first-order valence-electron chi connectivity index (χ1n) is 8.30. The molecule has 0 unspecified atom stereocenters. The molecule has 1 saturated heterocycles. The largest absolute Gasteiger partial charge is 0.336 e. The second-order valence-electron chi connectivity index (χ2n) is 6.01. The van der Waals surface area contributed by atoms with Gasteiger partial charge in [0.2, 0.25) is 5.91 Å². The number of halogens is 2. The van der Waals surface area contributed by atoms with Crippen LogP contribution in [-0.2, 0) is 4.79 Å². The van der Waals surface area contributed by atoms with Gasteiger partial charge >= 0.3 is 0 Å². The number of hydrogen-bond donors (Lipinski definition) is 0. The summed E-state index contributed by atoms with van der Waals surface area (Å²) in [5.41, 5.74) is 1.59. The minimum Gasteiger partial charge on any atom is -0.336 e. The Morgan fingerprint density at radius 3 is 2.08 bits per heavy atom. The molecule has 4 nitrogen and oxygen atoms in total. The fraction of sp³-hybridized carbons (Fsp3) is 0.200. The van der Waals surface area contributed by atoms with Crippen LogP contribution in [0.15, 0.2) is 59.1 Å². The quantitative estimate of drug-likeness (QED) is 0.684. The van der Waals surface area contributed by atoms with E-state index in [0.717, 1.165) is 10.0 Å². The second-order valence-corrected chi connectivity index (χ2v) is 7.36. The predicted octanol–water partition coefficient (Wildman–Crippen LogP) is 4.10. The van der Waals surface area contributed by atoms with E-state index in [1.54, 1.807) is 46.2 Å². The minimum absolute atomic E-state index is 0.0285. The van der Waals surface area contributed by atoms with Gasteiger partial charge in [-0.25, -0.2) is 0 Å². The van der Waals surface area contributed by atoms with E-state index in [9.17, 15) is 9.59 Å². The molecule has 1 fully saturated rings. The SMILES string of the molecule is O=C(C=Cc1ccc(Br)cc1)N1CCN(C(=O)c2ccc(Cl)cc2)CC1. The van der Waals surface area contributed by atoms with Crippen molar-refractivity contribution in [2.24, 2.45) is 0 Å². The summed E-state index contributed by atoms with van der Waals surface area (Å²) in [7, 11) is 0. The third kappa shape index (κ3) is 4.74. The summed E-state index contributed by atoms with van der Waals surface area (Å²) in [6, 6.07) is 14.6. The van der Waals surface area contributed by atoms with Gasteiger partial charge in [-0.1, -0.05) is 39.7 Å². The Hall–Kier alpha value is -2.11. The molecule has 0 N–H and O–H groups in total. The van der Waals surface area contributed by atoms with Gasteiger partial charge < -0.3 is 9.80 Å². The Morgan fingerprint density at radius 1 is 0.885 bits per heavy atom. The number of benzene rings is 2. The molecule has 1 heterocycles. The first-order chi connectivity index (χ1) is 12.5. The van der Waals surface area contributed by atoms with Gasteiger partial charge in [0.1, 0.15) is 0 Å². The maximum absolute atomic E-state index is 12.5. The summed E-state index contributed by atoms with van der Waals surface area (Å²) in [5.74, 6) is -0.0642. The highest BCUT2D eigenvalue weighted by molar-refractivity contribution is 9.10. The van der Waals surface area contributed by atoms with Crippen LogP contribution >= 0.6 is 27.5 Å². The average Bonchev–Trinajstić information content (AvgIpc) is 2.67. The van der Waals surface area contributed by atoms with E-state index in [1.807, 2.05) is 24.3 Å². The lowest BCUT2D eigenvalue weighted by atomic mass is 10.1. The molecule has 1 aliphatic heterocycles. The molecule has 3 rings (SSSR count). The number of carbonyl (C=O) groups is 2. The predicted molar refractivity (Wildman–Crippen MR) is 107 cm³/mol. The standard InChI is InChI=1S/C20H18BrClN2O2/c21-17-6-1-15(2-7-17)3-10-19(25)23-11-13-24(14-12-23)20(26)16-4-8-18(22)9-5-16/h1-10H,11-14H2. The highest BCUT2D eigenvalue weighted by Gasteiger charge is 2.23. The van der Waals surface area contributed by atoms with Crippen molar-refractivity contribution < 1.29 is 9.59 Å². The minimum atomic E-state index is -0.0356. The lowest BCUT2D eigenvalue weighted by molar-refractivity contribution is -0.127. The summed E-state index contributed by atoms with van der Waals surface area (Å²) in [6.07, 6.45) is 3.39. The van der Waals surface area contributed by atoms with Crippen LogP contribution in [0.2, 0.25) is 5.02 Å². The molecule has 26 heavy (non-hydrogen) atoms. The Labute approximate surface area is 166 Å². The number of carbonyl (C=O) groups excluding carboxylic acids is 2. The van der Waals surface area contributed by atoms with Gasteiger partial charge in [0, 0.05) is 47.3 Å². The van der Waals surface area contributed by atoms with E-state index in [0.29, 0.717) is 36.8 Å². The number of hydrogen-bond acceptors (Lipinski definition) is 2. The number of amides is 2. The van der Waals surface area contributed by atoms with Crippen molar-refractivity contribution in [2.75, 3.05) is 26.2 Å². The van der Waals surface area contributed by atoms with Crippen LogP contribution in [0.3, 0.4) is 0 Å². The molecule has 0 aromatic heterocycles. The summed E-state index contributed by atoms with van der Waals surface area (Å²) < 4.78 is 1.00. The van der Waals surface area contributed by atoms with Crippen molar-refractivity contribution in [1.29, 1.82) is 0 Å². The van der Waals surface area contributed by atoms with E-state index in [2.05, 4.69) is 15.9 Å². The van der Waals surface area contributed by atoms with Crippen LogP contribution in [0.4, 0.5) is 0 Å². The first kappa shape index (κ1) is 18.7. The van der Waals surface area contributed by atoms with Gasteiger partial charge in [-0.3, -0.25) is 9.59 Å². The van der Waals surface area contributed by atoms with Crippen LogP contribution in [0.1, 0.15) is 15.9 Å². The lowest BCUT2D eigenvalue weighted by Gasteiger charge is -2.34. The van der Waals surface area contributed by atoms with Crippen LogP contribution in [0.25, 0.3) is 6.08 Å². The normalized spacial score (nSPS) is 14.7. The Bertz CT molecular complexity index is 811. The van der Waals surface area contributed by atoms with Gasteiger partial charge in [0.05, 0.1) is 0 Å². The van der Waals surface area contributed by atoms with Crippen molar-refractivity contribution >= 4 is 45.4 Å². The van der Waals surface area contributed by atoms with E-state index in [4.69, 9.17) is 11.6 Å². The van der Waals surface area contributed by atoms with Crippen LogP contribution in [-0.4, -0.2) is 47.8 Å². The van der Waals surface area contributed by atoms with Gasteiger partial charge in [-0.05, 0) is 48.0 Å². The van der Waals surface area contributed by atoms with Crippen LogP contribution in [0.5, 0.6) is 0 Å². The molecular weight excluding hydrogens is 416 g/mol. The Morgan fingerprint density at radius 2 is 1.46 bits per heavy atom. The van der Waals surface area contributed by atoms with Crippen molar-refractivity contribution in [3.63, 3.8) is 0 Å². The lowest BCUT2D eigenvalue weighted by Crippen LogP contribution is -2.50. The van der Waals surface area contributed by atoms with Crippen molar-refractivity contribution in [3.05, 3.63) is 75.2 Å². The van der Waals surface area contributed by atoms with E-state index in [1.165, 1.54) is 0 Å². The molecule has 2 amide bonds. The first-order valence-corrected chi connectivity index (χ1v) is 9.47. The van der Waals surface area contributed by atoms with Gasteiger partial charge in [-0.2, -0.15) is 0 Å². The topological polar surface area (TPSA) is 40.6 Å². The van der Waals surface area contributed by atoms with Crippen molar-refractivity contribution in [3.8, 4) is 0 Å². The molecular formula is C20H18BrClN2O2. The number of nitrogens with zero attached hydrogens (tertiary/aromatic N) is 2. The molecule has 0 atom stereocenters. The second kappa shape index (κ2) is 8.52. The van der Waals surface area contributed by atoms with Gasteiger partial charge in [0.15, 0.2) is 0 Å². The van der Waals surface area contributed by atoms with Crippen LogP contribution in [0, 0.1) is 0 Å². The monoisotopic (exact) mass is 432 g/mol. The summed E-state index contributed by atoms with van der Waals surface area (Å²) in [5, 5.41) is 0.606. The molecule has 0 bridgehead atoms. The molecule has 0 spiro atoms. The molecule has 1 aliphatic rings. The van der Waals surface area contributed by atoms with Crippen LogP contribution < -0.4 is 0 Å². The fourth-order valence-electron chi connectivity index (χ4n) is 2.75. The fourth-order valence-corrected chi connectivity index (χ4v) is 3.14. The maximum atomic E-state index is 12.5. The zero-order valence-electron chi connectivity index (χ0n) is 14.1. The zero-order chi connectivity index (χ0) is 18.5. The van der Waals surface area contributed by atoms with Gasteiger partial charge in [0.25, 0.3) is 5.91 Å². The van der Waals surface area contributed by atoms with Crippen molar-refractivity contribution in [1.82, 2.24) is 9.80 Å². The Balaban J connectivity index is 1.54. The average molecular weight is 434 g/mol. The molecule has 6 heteroatoms. The van der Waals surface area contributed by atoms with E-state index in [-0.39, 0.29) is 11.8 Å². The number of rotatable bonds is 3. The third-order valence-electron chi connectivity index (χ3n) is 4.26. The maximum Gasteiger partial charge on any atom is 0.253 e. The highest BCUT2D eigenvalue weighted by atomic mass is 79.9. The molecule has 0 radical (unpaired) electrons. The van der Waals surface area contributed by atoms with E-state index >= 15 is 0 Å². The summed E-state index contributed by atoms with van der Waals surface area (Å²) in [6.45, 7) is 2.12. The Kier molecular flexibility index (Phi) is 6.12. The van der Waals surface area contributed by atoms with Gasteiger partial charge in [-0.15, -0.1) is 0 Å².